The van der Waals surface area contributed by atoms with Crippen molar-refractivity contribution in [3.63, 3.8) is 0 Å². The fourth-order valence-electron chi connectivity index (χ4n) is 3.86. The van der Waals surface area contributed by atoms with Crippen LogP contribution in [0.15, 0.2) is 48.7 Å². The van der Waals surface area contributed by atoms with Crippen LogP contribution in [0.2, 0.25) is 5.02 Å². The molecule has 1 heterocycles. The van der Waals surface area contributed by atoms with E-state index in [-0.39, 0.29) is 43.0 Å². The van der Waals surface area contributed by atoms with Crippen LogP contribution in [0.3, 0.4) is 0 Å². The summed E-state index contributed by atoms with van der Waals surface area (Å²) in [5.74, 6) is -0.986. The van der Waals surface area contributed by atoms with Gasteiger partial charge in [-0.15, -0.1) is 24.8 Å². The van der Waals surface area contributed by atoms with E-state index >= 15 is 0 Å². The predicted molar refractivity (Wildman–Crippen MR) is 124 cm³/mol. The molecule has 1 aliphatic rings. The molecular weight excluding hydrogens is 451 g/mol. The Bertz CT molecular complexity index is 959. The quantitative estimate of drug-likeness (QED) is 0.442. The molecule has 1 saturated carbocycles. The molecule has 1 aromatic heterocycles. The number of hydrogen-bond acceptors (Lipinski definition) is 3. The number of nitrogens with zero attached hydrogens (tertiary/aromatic N) is 1. The molecule has 1 aliphatic carbocycles. The van der Waals surface area contributed by atoms with Crippen LogP contribution < -0.4 is 10.6 Å². The normalized spacial score (nSPS) is 18.4. The molecule has 4 rings (SSSR count). The first-order valence-electron chi connectivity index (χ1n) is 9.57. The van der Waals surface area contributed by atoms with Gasteiger partial charge in [0.2, 0.25) is 0 Å². The summed E-state index contributed by atoms with van der Waals surface area (Å²) in [6.45, 7) is 0.219. The van der Waals surface area contributed by atoms with Gasteiger partial charge in [-0.2, -0.15) is 0 Å². The van der Waals surface area contributed by atoms with Crippen LogP contribution in [-0.2, 0) is 6.54 Å². The number of nitrogens with one attached hydrogen (secondary N) is 2. The van der Waals surface area contributed by atoms with E-state index in [0.29, 0.717) is 11.1 Å². The maximum Gasteiger partial charge on any atom is 0.130 e. The van der Waals surface area contributed by atoms with Crippen molar-refractivity contribution in [2.75, 3.05) is 5.32 Å². The highest BCUT2D eigenvalue weighted by Gasteiger charge is 2.22. The highest BCUT2D eigenvalue weighted by molar-refractivity contribution is 6.31. The summed E-state index contributed by atoms with van der Waals surface area (Å²) in [6, 6.07) is 12.3. The molecule has 0 saturated heterocycles. The zero-order valence-corrected chi connectivity index (χ0v) is 18.6. The number of fused-ring (bicyclic) bond motifs is 1. The van der Waals surface area contributed by atoms with E-state index in [1.807, 2.05) is 24.3 Å². The van der Waals surface area contributed by atoms with E-state index in [9.17, 15) is 8.78 Å². The molecule has 3 nitrogen and oxygen atoms in total. The van der Waals surface area contributed by atoms with Crippen molar-refractivity contribution in [2.45, 2.75) is 44.3 Å². The van der Waals surface area contributed by atoms with Crippen molar-refractivity contribution in [3.8, 4) is 0 Å². The van der Waals surface area contributed by atoms with Crippen LogP contribution in [0.5, 0.6) is 0 Å². The Morgan fingerprint density at radius 3 is 2.30 bits per heavy atom. The van der Waals surface area contributed by atoms with Crippen molar-refractivity contribution >= 4 is 53.0 Å². The van der Waals surface area contributed by atoms with Crippen molar-refractivity contribution in [3.05, 3.63) is 70.9 Å². The molecule has 1 fully saturated rings. The van der Waals surface area contributed by atoms with E-state index in [0.717, 1.165) is 42.3 Å². The minimum Gasteiger partial charge on any atom is -0.382 e. The number of benzene rings is 2. The van der Waals surface area contributed by atoms with Crippen molar-refractivity contribution in [1.82, 2.24) is 10.3 Å². The summed E-state index contributed by atoms with van der Waals surface area (Å²) in [5.41, 5.74) is 2.05. The van der Waals surface area contributed by atoms with Crippen LogP contribution in [0.25, 0.3) is 10.9 Å². The zero-order valence-electron chi connectivity index (χ0n) is 16.2. The fourth-order valence-corrected chi connectivity index (χ4v) is 4.02. The standard InChI is InChI=1S/C22H22ClF2N3.2ClH/c23-14-4-9-17-21(10-11-26-22(17)12-14)28-16-7-5-15(6-8-16)27-13-18-19(24)2-1-3-20(18)25;;/h1-4,9-12,15-16,27H,5-8,13H2,(H,26,28);2*1H. The Balaban J connectivity index is 0.00000160. The van der Waals surface area contributed by atoms with E-state index < -0.39 is 11.6 Å². The largest absolute Gasteiger partial charge is 0.382 e. The highest BCUT2D eigenvalue weighted by atomic mass is 35.5. The molecule has 0 spiro atoms. The summed E-state index contributed by atoms with van der Waals surface area (Å²) in [6.07, 6.45) is 5.70. The number of hydrogen-bond donors (Lipinski definition) is 2. The number of halogens is 5. The second-order valence-corrected chi connectivity index (χ2v) is 7.73. The summed E-state index contributed by atoms with van der Waals surface area (Å²) in [4.78, 5) is 4.38. The third-order valence-corrected chi connectivity index (χ3v) is 5.66. The van der Waals surface area contributed by atoms with Gasteiger partial charge in [-0.1, -0.05) is 17.7 Å². The molecular formula is C22H24Cl3F2N3. The number of pyridine rings is 1. The number of anilines is 1. The summed E-state index contributed by atoms with van der Waals surface area (Å²) in [7, 11) is 0. The lowest BCUT2D eigenvalue weighted by Gasteiger charge is -2.30. The highest BCUT2D eigenvalue weighted by Crippen LogP contribution is 2.28. The van der Waals surface area contributed by atoms with Gasteiger partial charge in [-0.25, -0.2) is 8.78 Å². The van der Waals surface area contributed by atoms with Crippen LogP contribution in [0.4, 0.5) is 14.5 Å². The second kappa shape index (κ2) is 11.1. The van der Waals surface area contributed by atoms with Gasteiger partial charge in [0.05, 0.1) is 5.52 Å². The molecule has 0 radical (unpaired) electrons. The minimum absolute atomic E-state index is 0. The van der Waals surface area contributed by atoms with Gasteiger partial charge in [-0.05, 0) is 62.1 Å². The van der Waals surface area contributed by atoms with Crippen LogP contribution >= 0.6 is 36.4 Å². The predicted octanol–water partition coefficient (Wildman–Crippen LogP) is 6.52. The lowest BCUT2D eigenvalue weighted by molar-refractivity contribution is 0.349. The fraction of sp³-hybridized carbons (Fsp3) is 0.318. The second-order valence-electron chi connectivity index (χ2n) is 7.29. The third kappa shape index (κ3) is 5.73. The Morgan fingerprint density at radius 2 is 1.60 bits per heavy atom. The van der Waals surface area contributed by atoms with Gasteiger partial charge in [0, 0.05) is 46.5 Å². The van der Waals surface area contributed by atoms with Crippen molar-refractivity contribution in [1.29, 1.82) is 0 Å². The zero-order chi connectivity index (χ0) is 19.5. The average molecular weight is 475 g/mol. The van der Waals surface area contributed by atoms with Gasteiger partial charge in [0.1, 0.15) is 11.6 Å². The summed E-state index contributed by atoms with van der Waals surface area (Å²) in [5, 5.41) is 8.67. The Labute approximate surface area is 192 Å². The minimum atomic E-state index is -0.493. The Morgan fingerprint density at radius 1 is 0.933 bits per heavy atom. The SMILES string of the molecule is Cl.Cl.Fc1cccc(F)c1CNC1CCC(Nc2ccnc3cc(Cl)ccc23)CC1. The van der Waals surface area contributed by atoms with Gasteiger partial charge in [0.15, 0.2) is 0 Å². The van der Waals surface area contributed by atoms with Crippen LogP contribution in [0, 0.1) is 11.6 Å². The maximum atomic E-state index is 13.8. The first-order valence-corrected chi connectivity index (χ1v) is 9.95. The third-order valence-electron chi connectivity index (χ3n) is 5.42. The van der Waals surface area contributed by atoms with Gasteiger partial charge in [-0.3, -0.25) is 4.98 Å². The monoisotopic (exact) mass is 473 g/mol. The summed E-state index contributed by atoms with van der Waals surface area (Å²) >= 11 is 6.06. The Kier molecular flexibility index (Phi) is 9.10. The molecule has 0 amide bonds. The van der Waals surface area contributed by atoms with Crippen LogP contribution in [0.1, 0.15) is 31.2 Å². The molecule has 30 heavy (non-hydrogen) atoms. The van der Waals surface area contributed by atoms with E-state index in [1.165, 1.54) is 18.2 Å². The van der Waals surface area contributed by atoms with Crippen LogP contribution in [-0.4, -0.2) is 17.1 Å². The van der Waals surface area contributed by atoms with Crippen molar-refractivity contribution < 1.29 is 8.78 Å². The van der Waals surface area contributed by atoms with Gasteiger partial charge >= 0.3 is 0 Å². The number of aromatic nitrogens is 1. The van der Waals surface area contributed by atoms with E-state index in [4.69, 9.17) is 11.6 Å². The average Bonchev–Trinajstić information content (AvgIpc) is 2.69. The first-order chi connectivity index (χ1) is 13.6. The van der Waals surface area contributed by atoms with Gasteiger partial charge < -0.3 is 10.6 Å². The van der Waals surface area contributed by atoms with Crippen molar-refractivity contribution in [2.24, 2.45) is 0 Å². The molecule has 3 aromatic rings. The topological polar surface area (TPSA) is 37.0 Å². The molecule has 0 unspecified atom stereocenters. The lowest BCUT2D eigenvalue weighted by Crippen LogP contribution is -2.37. The first kappa shape index (κ1) is 24.6. The Hall–Kier alpha value is -1.66. The number of rotatable bonds is 5. The summed E-state index contributed by atoms with van der Waals surface area (Å²) < 4.78 is 27.5. The molecule has 2 N–H and O–H groups in total. The van der Waals surface area contributed by atoms with E-state index in [1.54, 1.807) is 6.20 Å². The van der Waals surface area contributed by atoms with E-state index in [2.05, 4.69) is 15.6 Å². The molecule has 0 aliphatic heterocycles. The molecule has 8 heteroatoms. The molecule has 0 atom stereocenters. The lowest BCUT2D eigenvalue weighted by atomic mass is 9.90. The smallest absolute Gasteiger partial charge is 0.130 e. The van der Waals surface area contributed by atoms with Gasteiger partial charge in [0.25, 0.3) is 0 Å². The molecule has 162 valence electrons. The molecule has 0 bridgehead atoms. The maximum absolute atomic E-state index is 13.8. The molecule has 2 aromatic carbocycles.